The molecule has 0 radical (unpaired) electrons. The number of methoxy groups -OCH3 is 2. The molecule has 0 atom stereocenters. The molecule has 134 valence electrons. The van der Waals surface area contributed by atoms with Gasteiger partial charge in [0.15, 0.2) is 11.5 Å². The molecule has 0 aliphatic carbocycles. The van der Waals surface area contributed by atoms with Crippen molar-refractivity contribution in [1.82, 2.24) is 10.2 Å². The highest BCUT2D eigenvalue weighted by atomic mass is 32.1. The Morgan fingerprint density at radius 2 is 1.92 bits per heavy atom. The van der Waals surface area contributed by atoms with Crippen molar-refractivity contribution in [2.75, 3.05) is 19.5 Å². The molecule has 0 spiro atoms. The number of benzene rings is 2. The molecule has 26 heavy (non-hydrogen) atoms. The van der Waals surface area contributed by atoms with Crippen molar-refractivity contribution in [2.24, 2.45) is 0 Å². The molecule has 3 rings (SSSR count). The molecule has 0 aliphatic rings. The van der Waals surface area contributed by atoms with Gasteiger partial charge in [0.2, 0.25) is 5.13 Å². The van der Waals surface area contributed by atoms with Crippen molar-refractivity contribution in [1.29, 1.82) is 0 Å². The number of non-ortho nitro benzene ring substituents is 1. The van der Waals surface area contributed by atoms with E-state index in [2.05, 4.69) is 15.5 Å². The van der Waals surface area contributed by atoms with Crippen molar-refractivity contribution >= 4 is 27.8 Å². The summed E-state index contributed by atoms with van der Waals surface area (Å²) >= 11 is 1.21. The predicted octanol–water partition coefficient (Wildman–Crippen LogP) is 3.58. The minimum absolute atomic E-state index is 0.0195. The minimum atomic E-state index is -0.464. The van der Waals surface area contributed by atoms with Gasteiger partial charge in [0, 0.05) is 29.8 Å². The second-order valence-electron chi connectivity index (χ2n) is 5.07. The van der Waals surface area contributed by atoms with E-state index in [9.17, 15) is 15.2 Å². The van der Waals surface area contributed by atoms with E-state index in [1.165, 1.54) is 43.8 Å². The first-order chi connectivity index (χ1) is 12.5. The number of aromatic nitrogens is 2. The number of phenolic OH excluding ortho intramolecular Hbond substituents is 1. The zero-order valence-electron chi connectivity index (χ0n) is 13.8. The first kappa shape index (κ1) is 17.4. The summed E-state index contributed by atoms with van der Waals surface area (Å²) in [7, 11) is 2.93. The van der Waals surface area contributed by atoms with Gasteiger partial charge in [-0.25, -0.2) is 0 Å². The van der Waals surface area contributed by atoms with Gasteiger partial charge in [-0.05, 0) is 0 Å². The SMILES string of the molecule is COc1cc(OC)c(Nc2nnc(-c3cccc([N+](=O)[O-])c3)s2)cc1O. The van der Waals surface area contributed by atoms with E-state index in [1.807, 2.05) is 0 Å². The lowest BCUT2D eigenvalue weighted by atomic mass is 10.2. The van der Waals surface area contributed by atoms with Gasteiger partial charge < -0.3 is 19.9 Å². The molecule has 0 aliphatic heterocycles. The summed E-state index contributed by atoms with van der Waals surface area (Å²) in [6.45, 7) is 0. The summed E-state index contributed by atoms with van der Waals surface area (Å²) in [5, 5.41) is 32.9. The largest absolute Gasteiger partial charge is 0.504 e. The molecule has 3 aromatic rings. The Hall–Kier alpha value is -3.40. The van der Waals surface area contributed by atoms with E-state index < -0.39 is 4.92 Å². The minimum Gasteiger partial charge on any atom is -0.504 e. The first-order valence-electron chi connectivity index (χ1n) is 7.32. The Bertz CT molecular complexity index is 960. The number of anilines is 2. The fraction of sp³-hybridized carbons (Fsp3) is 0.125. The molecule has 2 N–H and O–H groups in total. The van der Waals surface area contributed by atoms with Gasteiger partial charge >= 0.3 is 0 Å². The van der Waals surface area contributed by atoms with Gasteiger partial charge in [-0.15, -0.1) is 10.2 Å². The maximum Gasteiger partial charge on any atom is 0.270 e. The number of hydrogen-bond acceptors (Lipinski definition) is 9. The van der Waals surface area contributed by atoms with Crippen LogP contribution in [-0.4, -0.2) is 34.4 Å². The van der Waals surface area contributed by atoms with Crippen LogP contribution in [-0.2, 0) is 0 Å². The van der Waals surface area contributed by atoms with Gasteiger partial charge in [-0.2, -0.15) is 0 Å². The van der Waals surface area contributed by atoms with Crippen LogP contribution in [0.1, 0.15) is 0 Å². The molecular weight excluding hydrogens is 360 g/mol. The Balaban J connectivity index is 1.88. The average molecular weight is 374 g/mol. The third-order valence-electron chi connectivity index (χ3n) is 3.47. The van der Waals surface area contributed by atoms with Crippen molar-refractivity contribution in [3.05, 3.63) is 46.5 Å². The number of nitrogens with zero attached hydrogens (tertiary/aromatic N) is 3. The lowest BCUT2D eigenvalue weighted by molar-refractivity contribution is -0.384. The Labute approximate surface area is 152 Å². The monoisotopic (exact) mass is 374 g/mol. The maximum atomic E-state index is 10.9. The molecule has 0 bridgehead atoms. The fourth-order valence-electron chi connectivity index (χ4n) is 2.24. The molecule has 0 unspecified atom stereocenters. The van der Waals surface area contributed by atoms with E-state index >= 15 is 0 Å². The van der Waals surface area contributed by atoms with Crippen LogP contribution in [0.2, 0.25) is 0 Å². The molecule has 0 saturated carbocycles. The number of hydrogen-bond donors (Lipinski definition) is 2. The van der Waals surface area contributed by atoms with Crippen molar-refractivity contribution in [2.45, 2.75) is 0 Å². The second-order valence-corrected chi connectivity index (χ2v) is 6.05. The van der Waals surface area contributed by atoms with E-state index in [0.29, 0.717) is 27.1 Å². The molecule has 0 amide bonds. The predicted molar refractivity (Wildman–Crippen MR) is 96.5 cm³/mol. The molecule has 1 heterocycles. The number of phenols is 1. The van der Waals surface area contributed by atoms with Crippen LogP contribution < -0.4 is 14.8 Å². The lowest BCUT2D eigenvalue weighted by Crippen LogP contribution is -1.95. The first-order valence-corrected chi connectivity index (χ1v) is 8.14. The summed E-state index contributed by atoms with van der Waals surface area (Å²) in [5.41, 5.74) is 1.05. The van der Waals surface area contributed by atoms with Crippen LogP contribution in [0.4, 0.5) is 16.5 Å². The number of aromatic hydroxyl groups is 1. The van der Waals surface area contributed by atoms with Gasteiger partial charge in [-0.3, -0.25) is 10.1 Å². The number of nitrogens with one attached hydrogen (secondary N) is 1. The number of rotatable bonds is 6. The third kappa shape index (κ3) is 3.49. The topological polar surface area (TPSA) is 120 Å². The summed E-state index contributed by atoms with van der Waals surface area (Å²) in [5.74, 6) is 0.674. The summed E-state index contributed by atoms with van der Waals surface area (Å²) in [6.07, 6.45) is 0. The van der Waals surface area contributed by atoms with Crippen molar-refractivity contribution in [3.63, 3.8) is 0 Å². The van der Waals surface area contributed by atoms with Gasteiger partial charge in [0.1, 0.15) is 10.8 Å². The zero-order valence-corrected chi connectivity index (χ0v) is 14.6. The van der Waals surface area contributed by atoms with Crippen LogP contribution >= 0.6 is 11.3 Å². The fourth-order valence-corrected chi connectivity index (χ4v) is 2.99. The molecule has 9 nitrogen and oxygen atoms in total. The zero-order chi connectivity index (χ0) is 18.7. The van der Waals surface area contributed by atoms with Gasteiger partial charge in [0.05, 0.1) is 24.8 Å². The van der Waals surface area contributed by atoms with E-state index in [4.69, 9.17) is 9.47 Å². The van der Waals surface area contributed by atoms with Gasteiger partial charge in [0.25, 0.3) is 5.69 Å². The van der Waals surface area contributed by atoms with Crippen molar-refractivity contribution in [3.8, 4) is 27.8 Å². The van der Waals surface area contributed by atoms with Crippen LogP contribution in [0.15, 0.2) is 36.4 Å². The normalized spacial score (nSPS) is 10.4. The number of ether oxygens (including phenoxy) is 2. The summed E-state index contributed by atoms with van der Waals surface area (Å²) < 4.78 is 10.3. The molecular formula is C16H14N4O5S. The maximum absolute atomic E-state index is 10.9. The lowest BCUT2D eigenvalue weighted by Gasteiger charge is -2.12. The van der Waals surface area contributed by atoms with E-state index in [0.717, 1.165) is 0 Å². The third-order valence-corrected chi connectivity index (χ3v) is 4.36. The highest BCUT2D eigenvalue weighted by Gasteiger charge is 2.14. The average Bonchev–Trinajstić information content (AvgIpc) is 3.10. The summed E-state index contributed by atoms with van der Waals surface area (Å²) in [4.78, 5) is 10.4. The van der Waals surface area contributed by atoms with Crippen LogP contribution in [0.25, 0.3) is 10.6 Å². The number of nitro benzene ring substituents is 1. The molecule has 2 aromatic carbocycles. The second kappa shape index (κ2) is 7.23. The standard InChI is InChI=1S/C16H14N4O5S/c1-24-13-8-14(25-2)12(21)7-11(13)17-16-19-18-15(26-16)9-4-3-5-10(6-9)20(22)23/h3-8,21H,1-2H3,(H,17,19). The Morgan fingerprint density at radius 3 is 2.62 bits per heavy atom. The quantitative estimate of drug-likeness (QED) is 0.496. The Kier molecular flexibility index (Phi) is 4.85. The van der Waals surface area contributed by atoms with Crippen LogP contribution in [0.5, 0.6) is 17.2 Å². The van der Waals surface area contributed by atoms with E-state index in [1.54, 1.807) is 18.2 Å². The molecule has 1 aromatic heterocycles. The van der Waals surface area contributed by atoms with E-state index in [-0.39, 0.29) is 17.2 Å². The molecule has 0 saturated heterocycles. The van der Waals surface area contributed by atoms with Gasteiger partial charge in [-0.1, -0.05) is 23.5 Å². The highest BCUT2D eigenvalue weighted by Crippen LogP contribution is 2.39. The summed E-state index contributed by atoms with van der Waals surface area (Å²) in [6, 6.07) is 9.15. The molecule has 0 fully saturated rings. The number of nitro groups is 1. The van der Waals surface area contributed by atoms with Crippen LogP contribution in [0.3, 0.4) is 0 Å². The smallest absolute Gasteiger partial charge is 0.270 e. The van der Waals surface area contributed by atoms with Crippen molar-refractivity contribution < 1.29 is 19.5 Å². The highest BCUT2D eigenvalue weighted by molar-refractivity contribution is 7.18. The van der Waals surface area contributed by atoms with Crippen LogP contribution in [0, 0.1) is 10.1 Å². The molecule has 10 heteroatoms. The Morgan fingerprint density at radius 1 is 1.15 bits per heavy atom.